The van der Waals surface area contributed by atoms with Gasteiger partial charge >= 0.3 is 0 Å². The molecule has 7 heteroatoms. The third kappa shape index (κ3) is 2.55. The molecule has 0 saturated heterocycles. The zero-order valence-electron chi connectivity index (χ0n) is 10.2. The van der Waals surface area contributed by atoms with Crippen molar-refractivity contribution in [1.29, 1.82) is 0 Å². The number of carbonyl (C=O) groups excluding carboxylic acids is 1. The monoisotopic (exact) mass is 275 g/mol. The van der Waals surface area contributed by atoms with Crippen molar-refractivity contribution in [2.45, 2.75) is 25.7 Å². The van der Waals surface area contributed by atoms with Crippen LogP contribution in [-0.4, -0.2) is 20.9 Å². The van der Waals surface area contributed by atoms with Crippen LogP contribution in [0.25, 0.3) is 0 Å². The minimum absolute atomic E-state index is 0.238. The van der Waals surface area contributed by atoms with Crippen LogP contribution in [-0.2, 0) is 12.8 Å². The Labute approximate surface area is 114 Å². The molecule has 2 heterocycles. The Hall–Kier alpha value is -2.02. The number of amides is 1. The van der Waals surface area contributed by atoms with E-state index in [0.29, 0.717) is 10.9 Å². The number of thiazole rings is 1. The van der Waals surface area contributed by atoms with Crippen LogP contribution in [0.1, 0.15) is 33.9 Å². The fraction of sp³-hybridized carbons (Fsp3) is 0.333. The molecule has 6 nitrogen and oxygen atoms in total. The lowest BCUT2D eigenvalue weighted by molar-refractivity contribution is 0.102. The van der Waals surface area contributed by atoms with Crippen LogP contribution < -0.4 is 11.1 Å². The maximum atomic E-state index is 12.0. The Kier molecular flexibility index (Phi) is 3.12. The van der Waals surface area contributed by atoms with Crippen LogP contribution >= 0.6 is 11.3 Å². The summed E-state index contributed by atoms with van der Waals surface area (Å²) in [5, 5.41) is 3.39. The summed E-state index contributed by atoms with van der Waals surface area (Å²) < 4.78 is 0. The number of aromatic nitrogens is 3. The molecule has 2 aromatic rings. The number of anilines is 2. The average molecular weight is 275 g/mol. The number of fused-ring (bicyclic) bond motifs is 1. The zero-order valence-corrected chi connectivity index (χ0v) is 11.0. The van der Waals surface area contributed by atoms with E-state index in [1.807, 2.05) is 0 Å². The smallest absolute Gasteiger partial charge is 0.277 e. The first-order valence-electron chi connectivity index (χ1n) is 6.10. The molecule has 3 N–H and O–H groups in total. The molecule has 0 bridgehead atoms. The van der Waals surface area contributed by atoms with Crippen LogP contribution in [0.3, 0.4) is 0 Å². The topological polar surface area (TPSA) is 93.8 Å². The van der Waals surface area contributed by atoms with E-state index in [1.54, 1.807) is 11.3 Å². The normalized spacial score (nSPS) is 13.9. The first-order chi connectivity index (χ1) is 9.22. The number of nitrogens with two attached hydrogens (primary N) is 1. The van der Waals surface area contributed by atoms with Gasteiger partial charge in [-0.15, -0.1) is 11.3 Å². The van der Waals surface area contributed by atoms with Gasteiger partial charge in [-0.25, -0.2) is 15.0 Å². The van der Waals surface area contributed by atoms with E-state index < -0.39 is 0 Å². The molecule has 1 aliphatic rings. The Balaban J connectivity index is 1.75. The fourth-order valence-corrected chi connectivity index (χ4v) is 3.07. The summed E-state index contributed by atoms with van der Waals surface area (Å²) in [7, 11) is 0. The highest BCUT2D eigenvalue weighted by atomic mass is 32.1. The van der Waals surface area contributed by atoms with Crippen LogP contribution in [0.15, 0.2) is 12.4 Å². The Morgan fingerprint density at radius 3 is 2.84 bits per heavy atom. The second-order valence-corrected chi connectivity index (χ2v) is 5.46. The van der Waals surface area contributed by atoms with Gasteiger partial charge in [-0.1, -0.05) is 0 Å². The van der Waals surface area contributed by atoms with Gasteiger partial charge in [-0.05, 0) is 25.7 Å². The number of nitrogens with zero attached hydrogens (tertiary/aromatic N) is 3. The molecular weight excluding hydrogens is 262 g/mol. The van der Waals surface area contributed by atoms with Gasteiger partial charge in [0, 0.05) is 4.88 Å². The Morgan fingerprint density at radius 1 is 1.26 bits per heavy atom. The summed E-state index contributed by atoms with van der Waals surface area (Å²) in [5.41, 5.74) is 6.79. The van der Waals surface area contributed by atoms with Crippen LogP contribution in [0.5, 0.6) is 0 Å². The van der Waals surface area contributed by atoms with Crippen LogP contribution in [0.4, 0.5) is 10.9 Å². The predicted octanol–water partition coefficient (Wildman–Crippen LogP) is 1.65. The lowest BCUT2D eigenvalue weighted by atomic mass is 10.0. The Bertz CT molecular complexity index is 584. The third-order valence-corrected chi connectivity index (χ3v) is 4.04. The number of nitrogen functional groups attached to an aromatic ring is 1. The molecule has 0 radical (unpaired) electrons. The highest BCUT2D eigenvalue weighted by Crippen LogP contribution is 2.29. The minimum atomic E-state index is -0.307. The lowest BCUT2D eigenvalue weighted by Crippen LogP contribution is -2.14. The molecule has 2 aromatic heterocycles. The number of hydrogen-bond donors (Lipinski definition) is 2. The number of rotatable bonds is 2. The fourth-order valence-electron chi connectivity index (χ4n) is 2.02. The van der Waals surface area contributed by atoms with Gasteiger partial charge in [0.15, 0.2) is 5.13 Å². The molecule has 0 spiro atoms. The predicted molar refractivity (Wildman–Crippen MR) is 73.2 cm³/mol. The highest BCUT2D eigenvalue weighted by molar-refractivity contribution is 7.15. The summed E-state index contributed by atoms with van der Waals surface area (Å²) >= 11 is 1.55. The van der Waals surface area contributed by atoms with Gasteiger partial charge in [-0.3, -0.25) is 10.1 Å². The average Bonchev–Trinajstić information content (AvgIpc) is 2.81. The molecular formula is C12H13N5OS. The molecule has 3 rings (SSSR count). The standard InChI is InChI=1S/C12H13N5OS/c13-10-6-14-8(5-15-10)11(18)17-12-16-7-3-1-2-4-9(7)19-12/h5-6H,1-4H2,(H2,13,15)(H,16,17,18). The summed E-state index contributed by atoms with van der Waals surface area (Å²) in [4.78, 5) is 25.5. The van der Waals surface area contributed by atoms with Crippen molar-refractivity contribution >= 4 is 28.2 Å². The highest BCUT2D eigenvalue weighted by Gasteiger charge is 2.17. The molecule has 0 aromatic carbocycles. The second-order valence-electron chi connectivity index (χ2n) is 4.38. The largest absolute Gasteiger partial charge is 0.382 e. The molecule has 98 valence electrons. The van der Waals surface area contributed by atoms with Gasteiger partial charge in [0.05, 0.1) is 18.1 Å². The number of nitrogens with one attached hydrogen (secondary N) is 1. The van der Waals surface area contributed by atoms with E-state index in [-0.39, 0.29) is 11.6 Å². The van der Waals surface area contributed by atoms with Crippen molar-refractivity contribution < 1.29 is 4.79 Å². The molecule has 0 unspecified atom stereocenters. The van der Waals surface area contributed by atoms with Crippen molar-refractivity contribution in [2.75, 3.05) is 11.1 Å². The van der Waals surface area contributed by atoms with Gasteiger partial charge in [0.2, 0.25) is 0 Å². The molecule has 0 atom stereocenters. The summed E-state index contributed by atoms with van der Waals surface area (Å²) in [6, 6.07) is 0. The maximum absolute atomic E-state index is 12.0. The first-order valence-corrected chi connectivity index (χ1v) is 6.91. The quantitative estimate of drug-likeness (QED) is 0.869. The van der Waals surface area contributed by atoms with Crippen LogP contribution in [0.2, 0.25) is 0 Å². The van der Waals surface area contributed by atoms with Crippen molar-refractivity contribution in [3.8, 4) is 0 Å². The maximum Gasteiger partial charge on any atom is 0.277 e. The van der Waals surface area contributed by atoms with Crippen molar-refractivity contribution in [3.05, 3.63) is 28.7 Å². The lowest BCUT2D eigenvalue weighted by Gasteiger charge is -2.06. The van der Waals surface area contributed by atoms with Crippen molar-refractivity contribution in [1.82, 2.24) is 15.0 Å². The van der Waals surface area contributed by atoms with Gasteiger partial charge in [0.1, 0.15) is 11.5 Å². The van der Waals surface area contributed by atoms with E-state index in [4.69, 9.17) is 5.73 Å². The van der Waals surface area contributed by atoms with E-state index in [0.717, 1.165) is 18.5 Å². The molecule has 19 heavy (non-hydrogen) atoms. The number of hydrogen-bond acceptors (Lipinski definition) is 6. The minimum Gasteiger partial charge on any atom is -0.382 e. The number of aryl methyl sites for hydroxylation is 2. The van der Waals surface area contributed by atoms with E-state index in [2.05, 4.69) is 20.3 Å². The summed E-state index contributed by atoms with van der Waals surface area (Å²) in [6.07, 6.45) is 7.16. The van der Waals surface area contributed by atoms with Gasteiger partial charge in [0.25, 0.3) is 5.91 Å². The van der Waals surface area contributed by atoms with E-state index in [1.165, 1.54) is 30.1 Å². The second kappa shape index (κ2) is 4.93. The number of carbonyl (C=O) groups is 1. The molecule has 1 amide bonds. The SMILES string of the molecule is Nc1cnc(C(=O)Nc2nc3c(s2)CCCC3)cn1. The van der Waals surface area contributed by atoms with Crippen molar-refractivity contribution in [2.24, 2.45) is 0 Å². The van der Waals surface area contributed by atoms with E-state index >= 15 is 0 Å². The zero-order chi connectivity index (χ0) is 13.2. The first kappa shape index (κ1) is 12.0. The van der Waals surface area contributed by atoms with Crippen molar-refractivity contribution in [3.63, 3.8) is 0 Å². The van der Waals surface area contributed by atoms with E-state index in [9.17, 15) is 4.79 Å². The molecule has 0 fully saturated rings. The molecule has 0 aliphatic heterocycles. The third-order valence-electron chi connectivity index (χ3n) is 2.97. The molecule has 1 aliphatic carbocycles. The van der Waals surface area contributed by atoms with Gasteiger partial charge < -0.3 is 5.73 Å². The van der Waals surface area contributed by atoms with Gasteiger partial charge in [-0.2, -0.15) is 0 Å². The summed E-state index contributed by atoms with van der Waals surface area (Å²) in [6.45, 7) is 0. The summed E-state index contributed by atoms with van der Waals surface area (Å²) in [5.74, 6) is -0.0140. The Morgan fingerprint density at radius 2 is 2.11 bits per heavy atom. The molecule has 0 saturated carbocycles. The van der Waals surface area contributed by atoms with Crippen LogP contribution in [0, 0.1) is 0 Å².